The predicted octanol–water partition coefficient (Wildman–Crippen LogP) is 0.348. The standard InChI is InChI=1S/C15H19N3O6S/c19-14(16-9-8-11-4-2-1-3-5-11)13-7-6-12-10-17(13)15(20)18(12)24-25(21,22)23/h1-5,12-13H,6-10H2,(H,16,19)(H,21,22,23)/t12-,13+/m1/s1. The van der Waals surface area contributed by atoms with Crippen molar-refractivity contribution < 1.29 is 26.8 Å². The summed E-state index contributed by atoms with van der Waals surface area (Å²) in [4.78, 5) is 25.9. The number of rotatable bonds is 6. The number of nitrogens with one attached hydrogen (secondary N) is 1. The molecule has 10 heteroatoms. The molecule has 2 N–H and O–H groups in total. The third-order valence-electron chi connectivity index (χ3n) is 4.36. The molecule has 0 aliphatic carbocycles. The average molecular weight is 369 g/mol. The molecule has 1 aromatic carbocycles. The van der Waals surface area contributed by atoms with Crippen LogP contribution in [0.5, 0.6) is 0 Å². The molecule has 3 rings (SSSR count). The Bertz CT molecular complexity index is 754. The molecule has 2 saturated heterocycles. The van der Waals surface area contributed by atoms with E-state index in [0.29, 0.717) is 30.9 Å². The molecular weight excluding hydrogens is 350 g/mol. The number of hydroxylamine groups is 2. The second kappa shape index (κ2) is 6.98. The molecule has 0 spiro atoms. The predicted molar refractivity (Wildman–Crippen MR) is 86.5 cm³/mol. The first-order valence-corrected chi connectivity index (χ1v) is 9.30. The summed E-state index contributed by atoms with van der Waals surface area (Å²) in [6.45, 7) is 0.626. The van der Waals surface area contributed by atoms with E-state index in [4.69, 9.17) is 4.55 Å². The number of amides is 3. The van der Waals surface area contributed by atoms with E-state index in [1.54, 1.807) is 0 Å². The van der Waals surface area contributed by atoms with Crippen molar-refractivity contribution in [3.8, 4) is 0 Å². The number of nitrogens with zero attached hydrogens (tertiary/aromatic N) is 2. The quantitative estimate of drug-likeness (QED) is 0.699. The van der Waals surface area contributed by atoms with Gasteiger partial charge in [0.2, 0.25) is 5.91 Å². The van der Waals surface area contributed by atoms with Crippen molar-refractivity contribution >= 4 is 22.3 Å². The lowest BCUT2D eigenvalue weighted by Gasteiger charge is -2.29. The maximum absolute atomic E-state index is 12.4. The summed E-state index contributed by atoms with van der Waals surface area (Å²) in [6.07, 6.45) is 1.49. The first-order chi connectivity index (χ1) is 11.8. The van der Waals surface area contributed by atoms with Gasteiger partial charge in [-0.3, -0.25) is 9.35 Å². The van der Waals surface area contributed by atoms with Crippen molar-refractivity contribution in [3.05, 3.63) is 35.9 Å². The fraction of sp³-hybridized carbons (Fsp3) is 0.467. The summed E-state index contributed by atoms with van der Waals surface area (Å²) in [5, 5.41) is 3.44. The van der Waals surface area contributed by atoms with Gasteiger partial charge in [-0.05, 0) is 24.8 Å². The molecule has 2 fully saturated rings. The normalized spacial score (nSPS) is 23.0. The van der Waals surface area contributed by atoms with Gasteiger partial charge in [-0.2, -0.15) is 13.5 Å². The highest BCUT2D eigenvalue weighted by Crippen LogP contribution is 2.30. The molecule has 3 amide bonds. The van der Waals surface area contributed by atoms with Gasteiger partial charge in [-0.25, -0.2) is 4.79 Å². The molecule has 0 unspecified atom stereocenters. The molecule has 2 atom stereocenters. The zero-order chi connectivity index (χ0) is 18.0. The van der Waals surface area contributed by atoms with E-state index in [1.807, 2.05) is 30.3 Å². The van der Waals surface area contributed by atoms with E-state index in [-0.39, 0.29) is 12.5 Å². The molecule has 0 aromatic heterocycles. The lowest BCUT2D eigenvalue weighted by Crippen LogP contribution is -2.50. The van der Waals surface area contributed by atoms with Crippen molar-refractivity contribution in [1.82, 2.24) is 15.3 Å². The highest BCUT2D eigenvalue weighted by atomic mass is 32.3. The van der Waals surface area contributed by atoms with Gasteiger partial charge in [-0.15, -0.1) is 4.28 Å². The Labute approximate surface area is 145 Å². The molecule has 2 aliphatic heterocycles. The van der Waals surface area contributed by atoms with Crippen LogP contribution in [0.4, 0.5) is 4.79 Å². The fourth-order valence-corrected chi connectivity index (χ4v) is 3.59. The Morgan fingerprint density at radius 2 is 2.00 bits per heavy atom. The summed E-state index contributed by atoms with van der Waals surface area (Å²) < 4.78 is 34.8. The Morgan fingerprint density at radius 3 is 2.68 bits per heavy atom. The Kier molecular flexibility index (Phi) is 4.93. The van der Waals surface area contributed by atoms with Gasteiger partial charge in [0, 0.05) is 13.1 Å². The van der Waals surface area contributed by atoms with Crippen molar-refractivity contribution in [3.63, 3.8) is 0 Å². The molecule has 2 heterocycles. The van der Waals surface area contributed by atoms with Gasteiger partial charge in [0.15, 0.2) is 0 Å². The van der Waals surface area contributed by atoms with E-state index >= 15 is 0 Å². The first-order valence-electron chi connectivity index (χ1n) is 7.93. The van der Waals surface area contributed by atoms with Crippen molar-refractivity contribution in [2.24, 2.45) is 0 Å². The second-order valence-electron chi connectivity index (χ2n) is 6.04. The third kappa shape index (κ3) is 4.09. The molecule has 25 heavy (non-hydrogen) atoms. The Morgan fingerprint density at radius 1 is 1.28 bits per heavy atom. The zero-order valence-corrected chi connectivity index (χ0v) is 14.2. The van der Waals surface area contributed by atoms with Crippen molar-refractivity contribution in [2.45, 2.75) is 31.3 Å². The molecule has 136 valence electrons. The number of hydrogen-bond donors (Lipinski definition) is 2. The van der Waals surface area contributed by atoms with Gasteiger partial charge in [0.1, 0.15) is 6.04 Å². The highest BCUT2D eigenvalue weighted by Gasteiger charge is 2.49. The molecule has 2 bridgehead atoms. The summed E-state index contributed by atoms with van der Waals surface area (Å²) in [5.41, 5.74) is 1.09. The number of urea groups is 1. The summed E-state index contributed by atoms with van der Waals surface area (Å²) in [6, 6.07) is 7.79. The maximum Gasteiger partial charge on any atom is 0.418 e. The molecule has 0 saturated carbocycles. The minimum Gasteiger partial charge on any atom is -0.354 e. The first kappa shape index (κ1) is 17.6. The maximum atomic E-state index is 12.4. The summed E-state index contributed by atoms with van der Waals surface area (Å²) in [5.74, 6) is -0.281. The topological polar surface area (TPSA) is 116 Å². The molecule has 1 aromatic rings. The second-order valence-corrected chi connectivity index (χ2v) is 7.04. The van der Waals surface area contributed by atoms with Crippen LogP contribution in [0, 0.1) is 0 Å². The van der Waals surface area contributed by atoms with E-state index in [9.17, 15) is 18.0 Å². The molecule has 0 radical (unpaired) electrons. The Balaban J connectivity index is 1.57. The van der Waals surface area contributed by atoms with E-state index in [1.165, 1.54) is 4.90 Å². The van der Waals surface area contributed by atoms with Crippen LogP contribution in [-0.4, -0.2) is 60.0 Å². The van der Waals surface area contributed by atoms with Crippen LogP contribution >= 0.6 is 0 Å². The minimum absolute atomic E-state index is 0.186. The lowest BCUT2D eigenvalue weighted by molar-refractivity contribution is -0.126. The largest absolute Gasteiger partial charge is 0.418 e. The number of carbonyl (C=O) groups is 2. The average Bonchev–Trinajstić information content (AvgIpc) is 2.79. The minimum atomic E-state index is -4.78. The van der Waals surface area contributed by atoms with Crippen molar-refractivity contribution in [2.75, 3.05) is 13.1 Å². The summed E-state index contributed by atoms with van der Waals surface area (Å²) in [7, 11) is -4.78. The smallest absolute Gasteiger partial charge is 0.354 e. The van der Waals surface area contributed by atoms with Gasteiger partial charge in [0.05, 0.1) is 6.04 Å². The van der Waals surface area contributed by atoms with Gasteiger partial charge in [-0.1, -0.05) is 30.3 Å². The lowest BCUT2D eigenvalue weighted by atomic mass is 10.0. The van der Waals surface area contributed by atoms with Gasteiger partial charge < -0.3 is 10.2 Å². The van der Waals surface area contributed by atoms with Gasteiger partial charge >= 0.3 is 16.4 Å². The SMILES string of the molecule is O=C(NCCc1ccccc1)[C@@H]1CC[C@@H]2CN1C(=O)N2OS(=O)(=O)O. The molecular formula is C15H19N3O6S. The number of hydrogen-bond acceptors (Lipinski definition) is 5. The van der Waals surface area contributed by atoms with E-state index in [2.05, 4.69) is 9.60 Å². The van der Waals surface area contributed by atoms with Crippen LogP contribution in [0.3, 0.4) is 0 Å². The zero-order valence-electron chi connectivity index (χ0n) is 13.4. The van der Waals surface area contributed by atoms with Crippen LogP contribution in [0.1, 0.15) is 18.4 Å². The van der Waals surface area contributed by atoms with Crippen LogP contribution in [0.15, 0.2) is 30.3 Å². The number of piperidine rings is 1. The van der Waals surface area contributed by atoms with Crippen LogP contribution in [-0.2, 0) is 25.9 Å². The monoisotopic (exact) mass is 369 g/mol. The molecule has 2 aliphatic rings. The highest BCUT2D eigenvalue weighted by molar-refractivity contribution is 7.80. The van der Waals surface area contributed by atoms with Crippen LogP contribution in [0.25, 0.3) is 0 Å². The Hall–Kier alpha value is -2.17. The van der Waals surface area contributed by atoms with Crippen LogP contribution < -0.4 is 5.32 Å². The summed E-state index contributed by atoms with van der Waals surface area (Å²) >= 11 is 0. The third-order valence-corrected chi connectivity index (χ3v) is 4.70. The number of benzene rings is 1. The fourth-order valence-electron chi connectivity index (χ4n) is 3.20. The number of fused-ring (bicyclic) bond motifs is 2. The van der Waals surface area contributed by atoms with E-state index in [0.717, 1.165) is 5.56 Å². The van der Waals surface area contributed by atoms with Crippen molar-refractivity contribution in [1.29, 1.82) is 0 Å². The molecule has 9 nitrogen and oxygen atoms in total. The van der Waals surface area contributed by atoms with Crippen LogP contribution in [0.2, 0.25) is 0 Å². The van der Waals surface area contributed by atoms with E-state index < -0.39 is 28.5 Å². The van der Waals surface area contributed by atoms with Gasteiger partial charge in [0.25, 0.3) is 0 Å². The number of carbonyl (C=O) groups excluding carboxylic acids is 2.